The van der Waals surface area contributed by atoms with Gasteiger partial charge < -0.3 is 15.2 Å². The fraction of sp³-hybridized carbons (Fsp3) is 0.400. The third kappa shape index (κ3) is 4.63. The molecule has 0 saturated heterocycles. The van der Waals surface area contributed by atoms with Crippen LogP contribution in [0.2, 0.25) is 5.02 Å². The van der Waals surface area contributed by atoms with Crippen LogP contribution in [0.1, 0.15) is 52.8 Å². The first kappa shape index (κ1) is 23.3. The van der Waals surface area contributed by atoms with Gasteiger partial charge in [0.25, 0.3) is 0 Å². The molecule has 166 valence electrons. The monoisotopic (exact) mass is 442 g/mol. The van der Waals surface area contributed by atoms with Gasteiger partial charge in [-0.15, -0.1) is 0 Å². The molecule has 0 aliphatic rings. The van der Waals surface area contributed by atoms with E-state index in [0.29, 0.717) is 18.8 Å². The fourth-order valence-corrected chi connectivity index (χ4v) is 3.92. The first-order valence-corrected chi connectivity index (χ1v) is 10.9. The first-order valence-electron chi connectivity index (χ1n) is 10.5. The van der Waals surface area contributed by atoms with Crippen LogP contribution in [0.25, 0.3) is 22.4 Å². The number of benzene rings is 1. The van der Waals surface area contributed by atoms with Crippen molar-refractivity contribution < 1.29 is 4.39 Å². The van der Waals surface area contributed by atoms with Crippen LogP contribution in [-0.2, 0) is 5.41 Å². The van der Waals surface area contributed by atoms with Gasteiger partial charge in [-0.05, 0) is 56.5 Å². The molecule has 0 aliphatic heterocycles. The number of nitrogens with two attached hydrogens (primary N) is 1. The molecule has 0 spiro atoms. The van der Waals surface area contributed by atoms with Crippen LogP contribution < -0.4 is 5.73 Å². The molecule has 0 unspecified atom stereocenters. The summed E-state index contributed by atoms with van der Waals surface area (Å²) < 4.78 is 16.1. The topological polar surface area (TPSA) is 47.1 Å². The molecule has 6 heteroatoms. The van der Waals surface area contributed by atoms with Gasteiger partial charge in [-0.25, -0.2) is 9.37 Å². The standard InChI is InChI=1S/C25H32ClFN4/c1-16(31(13-12-28)25(5,6)7)21-10-11-22-23(29-21)18(24(2,3)4)15-30(22)17-8-9-19(26)20(27)14-17/h8-11,14-15H,1,12-13,28H2,2-7H3. The van der Waals surface area contributed by atoms with Crippen LogP contribution in [0.3, 0.4) is 0 Å². The van der Waals surface area contributed by atoms with E-state index in [1.807, 2.05) is 29.0 Å². The van der Waals surface area contributed by atoms with Gasteiger partial charge in [0.1, 0.15) is 5.82 Å². The van der Waals surface area contributed by atoms with Gasteiger partial charge in [-0.1, -0.05) is 39.0 Å². The highest BCUT2D eigenvalue weighted by molar-refractivity contribution is 6.30. The van der Waals surface area contributed by atoms with E-state index in [0.717, 1.165) is 28.0 Å². The van der Waals surface area contributed by atoms with Crippen molar-refractivity contribution in [2.75, 3.05) is 13.1 Å². The quantitative estimate of drug-likeness (QED) is 0.515. The van der Waals surface area contributed by atoms with Gasteiger partial charge in [-0.3, -0.25) is 0 Å². The molecule has 0 atom stereocenters. The second-order valence-electron chi connectivity index (χ2n) is 9.88. The zero-order valence-corrected chi connectivity index (χ0v) is 20.0. The Hall–Kier alpha value is -2.37. The first-order chi connectivity index (χ1) is 14.3. The van der Waals surface area contributed by atoms with Crippen molar-refractivity contribution in [3.05, 3.63) is 65.2 Å². The third-order valence-corrected chi connectivity index (χ3v) is 5.73. The molecule has 31 heavy (non-hydrogen) atoms. The number of rotatable bonds is 5. The summed E-state index contributed by atoms with van der Waals surface area (Å²) in [5, 5.41) is 0.107. The Morgan fingerprint density at radius 1 is 1.16 bits per heavy atom. The number of pyridine rings is 1. The van der Waals surface area contributed by atoms with Crippen molar-refractivity contribution in [3.8, 4) is 5.69 Å². The lowest BCUT2D eigenvalue weighted by molar-refractivity contribution is 0.227. The van der Waals surface area contributed by atoms with Crippen LogP contribution in [0, 0.1) is 5.82 Å². The maximum Gasteiger partial charge on any atom is 0.143 e. The van der Waals surface area contributed by atoms with E-state index in [2.05, 4.69) is 53.0 Å². The maximum atomic E-state index is 14.2. The summed E-state index contributed by atoms with van der Waals surface area (Å²) in [6.45, 7) is 18.4. The highest BCUT2D eigenvalue weighted by Gasteiger charge is 2.26. The Kier molecular flexibility index (Phi) is 6.23. The molecule has 3 rings (SSSR count). The summed E-state index contributed by atoms with van der Waals surface area (Å²) in [5.41, 5.74) is 10.8. The predicted octanol–water partition coefficient (Wildman–Crippen LogP) is 6.15. The molecule has 2 N–H and O–H groups in total. The Bertz CT molecular complexity index is 1120. The molecule has 2 heterocycles. The minimum absolute atomic E-state index is 0.107. The molecule has 0 fully saturated rings. The maximum absolute atomic E-state index is 14.2. The second kappa shape index (κ2) is 8.29. The minimum Gasteiger partial charge on any atom is -0.364 e. The Morgan fingerprint density at radius 3 is 2.39 bits per heavy atom. The molecule has 4 nitrogen and oxygen atoms in total. The third-order valence-electron chi connectivity index (χ3n) is 5.42. The zero-order chi connectivity index (χ0) is 23.1. The van der Waals surface area contributed by atoms with Gasteiger partial charge in [0.05, 0.1) is 27.4 Å². The fourth-order valence-electron chi connectivity index (χ4n) is 3.80. The lowest BCUT2D eigenvalue weighted by atomic mass is 9.88. The number of aromatic nitrogens is 2. The predicted molar refractivity (Wildman–Crippen MR) is 129 cm³/mol. The Balaban J connectivity index is 2.20. The summed E-state index contributed by atoms with van der Waals surface area (Å²) in [6, 6.07) is 8.83. The van der Waals surface area contributed by atoms with Gasteiger partial charge in [0.15, 0.2) is 0 Å². The van der Waals surface area contributed by atoms with Crippen molar-refractivity contribution >= 4 is 28.3 Å². The molecule has 2 aromatic heterocycles. The van der Waals surface area contributed by atoms with E-state index in [1.54, 1.807) is 6.07 Å². The van der Waals surface area contributed by atoms with E-state index in [1.165, 1.54) is 6.07 Å². The smallest absolute Gasteiger partial charge is 0.143 e. The van der Waals surface area contributed by atoms with Crippen molar-refractivity contribution in [1.29, 1.82) is 0 Å². The lowest BCUT2D eigenvalue weighted by Gasteiger charge is -2.38. The molecule has 0 bridgehead atoms. The highest BCUT2D eigenvalue weighted by atomic mass is 35.5. The zero-order valence-electron chi connectivity index (χ0n) is 19.3. The number of halogens is 2. The van der Waals surface area contributed by atoms with E-state index in [4.69, 9.17) is 22.3 Å². The molecule has 0 radical (unpaired) electrons. The van der Waals surface area contributed by atoms with E-state index >= 15 is 0 Å². The van der Waals surface area contributed by atoms with Crippen LogP contribution in [0.15, 0.2) is 43.1 Å². The van der Waals surface area contributed by atoms with Crippen molar-refractivity contribution in [2.24, 2.45) is 5.73 Å². The van der Waals surface area contributed by atoms with Crippen LogP contribution in [0.5, 0.6) is 0 Å². The van der Waals surface area contributed by atoms with E-state index < -0.39 is 5.82 Å². The second-order valence-corrected chi connectivity index (χ2v) is 10.3. The van der Waals surface area contributed by atoms with Crippen LogP contribution in [-0.4, -0.2) is 33.1 Å². The van der Waals surface area contributed by atoms with Gasteiger partial charge in [-0.2, -0.15) is 0 Å². The number of hydrogen-bond donors (Lipinski definition) is 1. The summed E-state index contributed by atoms with van der Waals surface area (Å²) in [6.07, 6.45) is 2.04. The normalized spacial score (nSPS) is 12.4. The molecule has 3 aromatic rings. The molecule has 1 aromatic carbocycles. The summed E-state index contributed by atoms with van der Waals surface area (Å²) in [7, 11) is 0. The van der Waals surface area contributed by atoms with E-state index in [-0.39, 0.29) is 16.0 Å². The largest absolute Gasteiger partial charge is 0.364 e. The molecular weight excluding hydrogens is 411 g/mol. The molecule has 0 amide bonds. The van der Waals surface area contributed by atoms with Gasteiger partial charge >= 0.3 is 0 Å². The lowest BCUT2D eigenvalue weighted by Crippen LogP contribution is -2.42. The van der Waals surface area contributed by atoms with Gasteiger partial charge in [0, 0.05) is 36.1 Å². The van der Waals surface area contributed by atoms with Crippen LogP contribution >= 0.6 is 11.6 Å². The van der Waals surface area contributed by atoms with Crippen molar-refractivity contribution in [1.82, 2.24) is 14.5 Å². The summed E-state index contributed by atoms with van der Waals surface area (Å²) >= 11 is 5.89. The molecule has 0 aliphatic carbocycles. The Morgan fingerprint density at radius 2 is 1.84 bits per heavy atom. The van der Waals surface area contributed by atoms with Crippen LogP contribution in [0.4, 0.5) is 4.39 Å². The number of hydrogen-bond acceptors (Lipinski definition) is 3. The minimum atomic E-state index is -0.445. The summed E-state index contributed by atoms with van der Waals surface area (Å²) in [5.74, 6) is -0.445. The SMILES string of the molecule is C=C(c1ccc2c(n1)c(C(C)(C)C)cn2-c1ccc(Cl)c(F)c1)N(CCN)C(C)(C)C. The van der Waals surface area contributed by atoms with E-state index in [9.17, 15) is 4.39 Å². The highest BCUT2D eigenvalue weighted by Crippen LogP contribution is 2.34. The average molecular weight is 443 g/mol. The molecular formula is C25H32ClFN4. The Labute approximate surface area is 189 Å². The number of nitrogens with zero attached hydrogens (tertiary/aromatic N) is 3. The summed E-state index contributed by atoms with van der Waals surface area (Å²) in [4.78, 5) is 7.21. The van der Waals surface area contributed by atoms with Crippen molar-refractivity contribution in [2.45, 2.75) is 52.5 Å². The van der Waals surface area contributed by atoms with Gasteiger partial charge in [0.2, 0.25) is 0 Å². The number of fused-ring (bicyclic) bond motifs is 1. The molecule has 0 saturated carbocycles. The average Bonchev–Trinajstić information content (AvgIpc) is 3.06. The van der Waals surface area contributed by atoms with Crippen molar-refractivity contribution in [3.63, 3.8) is 0 Å².